The number of nitrogens with one attached hydrogen (secondary N) is 1. The molecule has 0 saturated carbocycles. The van der Waals surface area contributed by atoms with Crippen molar-refractivity contribution in [1.82, 2.24) is 0 Å². The summed E-state index contributed by atoms with van der Waals surface area (Å²) in [5.41, 5.74) is -0.0188. The molecule has 11 nitrogen and oxygen atoms in total. The highest BCUT2D eigenvalue weighted by Crippen LogP contribution is 2.16. The van der Waals surface area contributed by atoms with Gasteiger partial charge in [-0.25, -0.2) is 4.79 Å². The highest BCUT2D eigenvalue weighted by atomic mass is 16.7. The van der Waals surface area contributed by atoms with Gasteiger partial charge in [-0.05, 0) is 19.1 Å². The van der Waals surface area contributed by atoms with Gasteiger partial charge in [-0.15, -0.1) is 0 Å². The SMILES string of the molecule is CC(O)C(CO)OC(OC(=O)Nc1ccc([N+](=O)[O-])cc1)C(O)O. The number of carbonyl (C=O) groups excluding carboxylic acids is 1. The minimum atomic E-state index is -2.22. The maximum Gasteiger partial charge on any atom is 0.414 e. The molecule has 3 unspecified atom stereocenters. The molecular weight excluding hydrogens is 328 g/mol. The number of nitro benzene ring substituents is 1. The van der Waals surface area contributed by atoms with Crippen molar-refractivity contribution in [3.05, 3.63) is 34.4 Å². The molecule has 0 aliphatic rings. The van der Waals surface area contributed by atoms with Crippen molar-refractivity contribution in [3.63, 3.8) is 0 Å². The summed E-state index contributed by atoms with van der Waals surface area (Å²) in [4.78, 5) is 21.6. The number of aliphatic hydroxyl groups excluding tert-OH is 3. The zero-order chi connectivity index (χ0) is 18.3. The van der Waals surface area contributed by atoms with Crippen LogP contribution in [0.15, 0.2) is 24.3 Å². The Morgan fingerprint density at radius 2 is 1.88 bits per heavy atom. The van der Waals surface area contributed by atoms with E-state index >= 15 is 0 Å². The average molecular weight is 346 g/mol. The first-order valence-corrected chi connectivity index (χ1v) is 6.77. The molecule has 1 aromatic rings. The van der Waals surface area contributed by atoms with Crippen LogP contribution in [0, 0.1) is 10.1 Å². The van der Waals surface area contributed by atoms with Crippen LogP contribution in [0.4, 0.5) is 16.2 Å². The lowest BCUT2D eigenvalue weighted by atomic mass is 10.2. The Bertz CT molecular complexity index is 547. The van der Waals surface area contributed by atoms with E-state index in [0.29, 0.717) is 0 Å². The zero-order valence-corrected chi connectivity index (χ0v) is 12.6. The summed E-state index contributed by atoms with van der Waals surface area (Å²) in [5, 5.41) is 49.3. The highest BCUT2D eigenvalue weighted by Gasteiger charge is 2.28. The number of non-ortho nitro benzene ring substituents is 1. The summed E-state index contributed by atoms with van der Waals surface area (Å²) in [7, 11) is 0. The lowest BCUT2D eigenvalue weighted by Crippen LogP contribution is -2.42. The first kappa shape index (κ1) is 19.7. The number of carbonyl (C=O) groups is 1. The standard InChI is InChI=1S/C13H18N2O9/c1-7(17)10(6-16)23-12(11(18)19)24-13(20)14-8-2-4-9(5-3-8)15(21)22/h2-5,7,10-12,16-19H,6H2,1H3,(H,14,20). The number of hydrogen-bond acceptors (Lipinski definition) is 9. The Labute approximate surface area is 136 Å². The van der Waals surface area contributed by atoms with Gasteiger partial charge in [0, 0.05) is 17.8 Å². The third kappa shape index (κ3) is 6.06. The Morgan fingerprint density at radius 1 is 1.29 bits per heavy atom. The van der Waals surface area contributed by atoms with E-state index in [0.717, 1.165) is 12.1 Å². The fraction of sp³-hybridized carbons (Fsp3) is 0.462. The molecule has 0 aliphatic carbocycles. The van der Waals surface area contributed by atoms with E-state index in [4.69, 9.17) is 20.1 Å². The molecule has 24 heavy (non-hydrogen) atoms. The van der Waals surface area contributed by atoms with Crippen LogP contribution >= 0.6 is 0 Å². The number of hydrogen-bond donors (Lipinski definition) is 5. The first-order chi connectivity index (χ1) is 11.2. The van der Waals surface area contributed by atoms with E-state index in [2.05, 4.69) is 10.1 Å². The molecule has 134 valence electrons. The lowest BCUT2D eigenvalue weighted by molar-refractivity contribution is -0.384. The van der Waals surface area contributed by atoms with Crippen LogP contribution in [0.3, 0.4) is 0 Å². The molecular formula is C13H18N2O9. The van der Waals surface area contributed by atoms with Crippen molar-refractivity contribution < 1.29 is 39.6 Å². The molecule has 1 aromatic carbocycles. The van der Waals surface area contributed by atoms with Crippen LogP contribution in [0.5, 0.6) is 0 Å². The molecule has 0 saturated heterocycles. The number of benzene rings is 1. The van der Waals surface area contributed by atoms with Gasteiger partial charge in [0.1, 0.15) is 6.10 Å². The maximum absolute atomic E-state index is 11.7. The molecule has 0 heterocycles. The summed E-state index contributed by atoms with van der Waals surface area (Å²) in [6.07, 6.45) is -7.58. The van der Waals surface area contributed by atoms with E-state index in [1.807, 2.05) is 0 Å². The highest BCUT2D eigenvalue weighted by molar-refractivity contribution is 5.84. The van der Waals surface area contributed by atoms with Crippen molar-refractivity contribution in [3.8, 4) is 0 Å². The fourth-order valence-electron chi connectivity index (χ4n) is 1.56. The number of ether oxygens (including phenoxy) is 2. The normalized spacial score (nSPS) is 14.8. The molecule has 0 aliphatic heterocycles. The zero-order valence-electron chi connectivity index (χ0n) is 12.6. The van der Waals surface area contributed by atoms with Gasteiger partial charge < -0.3 is 29.9 Å². The fourth-order valence-corrected chi connectivity index (χ4v) is 1.56. The largest absolute Gasteiger partial charge is 0.414 e. The van der Waals surface area contributed by atoms with Gasteiger partial charge in [-0.1, -0.05) is 0 Å². The Hall–Kier alpha value is -2.31. The molecule has 0 spiro atoms. The van der Waals surface area contributed by atoms with Gasteiger partial charge in [0.25, 0.3) is 12.0 Å². The lowest BCUT2D eigenvalue weighted by Gasteiger charge is -2.26. The van der Waals surface area contributed by atoms with Gasteiger partial charge in [0.15, 0.2) is 0 Å². The van der Waals surface area contributed by atoms with Crippen LogP contribution in [0.2, 0.25) is 0 Å². The number of aliphatic hydroxyl groups is 4. The molecule has 0 radical (unpaired) electrons. The monoisotopic (exact) mass is 346 g/mol. The predicted octanol–water partition coefficient (Wildman–Crippen LogP) is -0.462. The number of nitro groups is 1. The van der Waals surface area contributed by atoms with E-state index in [-0.39, 0.29) is 11.4 Å². The summed E-state index contributed by atoms with van der Waals surface area (Å²) >= 11 is 0. The van der Waals surface area contributed by atoms with Crippen LogP contribution < -0.4 is 5.32 Å². The molecule has 5 N–H and O–H groups in total. The molecule has 3 atom stereocenters. The summed E-state index contributed by atoms with van der Waals surface area (Å²) < 4.78 is 9.56. The summed E-state index contributed by atoms with van der Waals surface area (Å²) in [6, 6.07) is 4.80. The van der Waals surface area contributed by atoms with E-state index in [1.165, 1.54) is 19.1 Å². The number of anilines is 1. The predicted molar refractivity (Wildman–Crippen MR) is 78.9 cm³/mol. The second-order valence-electron chi connectivity index (χ2n) is 4.71. The maximum atomic E-state index is 11.7. The Morgan fingerprint density at radius 3 is 2.29 bits per heavy atom. The molecule has 0 aromatic heterocycles. The molecule has 1 amide bonds. The summed E-state index contributed by atoms with van der Waals surface area (Å²) in [5.74, 6) is 0. The minimum absolute atomic E-state index is 0.158. The second-order valence-corrected chi connectivity index (χ2v) is 4.71. The smallest absolute Gasteiger partial charge is 0.414 e. The molecule has 1 rings (SSSR count). The van der Waals surface area contributed by atoms with Gasteiger partial charge in [-0.2, -0.15) is 0 Å². The van der Waals surface area contributed by atoms with Crippen LogP contribution in [0.25, 0.3) is 0 Å². The van der Waals surface area contributed by atoms with E-state index < -0.39 is 42.4 Å². The van der Waals surface area contributed by atoms with Gasteiger partial charge >= 0.3 is 6.09 Å². The van der Waals surface area contributed by atoms with Crippen LogP contribution in [0.1, 0.15) is 6.92 Å². The van der Waals surface area contributed by atoms with Crippen molar-refractivity contribution in [1.29, 1.82) is 0 Å². The number of nitrogens with zero attached hydrogens (tertiary/aromatic N) is 1. The van der Waals surface area contributed by atoms with Crippen molar-refractivity contribution >= 4 is 17.5 Å². The summed E-state index contributed by atoms with van der Waals surface area (Å²) in [6.45, 7) is 0.646. The third-order valence-corrected chi connectivity index (χ3v) is 2.82. The van der Waals surface area contributed by atoms with E-state index in [9.17, 15) is 20.0 Å². The van der Waals surface area contributed by atoms with Crippen molar-refractivity contribution in [2.45, 2.75) is 31.7 Å². The van der Waals surface area contributed by atoms with Crippen molar-refractivity contribution in [2.24, 2.45) is 0 Å². The average Bonchev–Trinajstić information content (AvgIpc) is 2.51. The van der Waals surface area contributed by atoms with Gasteiger partial charge in [0.2, 0.25) is 6.29 Å². The Kier molecular flexibility index (Phi) is 7.48. The quantitative estimate of drug-likeness (QED) is 0.237. The molecule has 0 bridgehead atoms. The van der Waals surface area contributed by atoms with E-state index in [1.54, 1.807) is 0 Å². The minimum Gasteiger partial charge on any atom is -0.414 e. The number of rotatable bonds is 8. The van der Waals surface area contributed by atoms with Crippen molar-refractivity contribution in [2.75, 3.05) is 11.9 Å². The topological polar surface area (TPSA) is 172 Å². The Balaban J connectivity index is 2.66. The van der Waals surface area contributed by atoms with Gasteiger partial charge in [0.05, 0.1) is 17.6 Å². The first-order valence-electron chi connectivity index (χ1n) is 6.77. The van der Waals surface area contributed by atoms with Gasteiger partial charge in [-0.3, -0.25) is 15.4 Å². The molecule has 11 heteroatoms. The van der Waals surface area contributed by atoms with Crippen LogP contribution in [-0.4, -0.2) is 62.8 Å². The molecule has 0 fully saturated rings. The third-order valence-electron chi connectivity index (χ3n) is 2.82. The number of amides is 1. The van der Waals surface area contributed by atoms with Crippen LogP contribution in [-0.2, 0) is 9.47 Å². The second kappa shape index (κ2) is 9.10.